The number of rotatable bonds is 5. The molecule has 8 aromatic carbocycles. The second-order valence-electron chi connectivity index (χ2n) is 15.2. The summed E-state index contributed by atoms with van der Waals surface area (Å²) in [6.45, 7) is 0. The Labute approximate surface area is 366 Å². The normalized spacial score (nSPS) is 10.7. The van der Waals surface area contributed by atoms with E-state index in [0.717, 1.165) is 54.7 Å². The van der Waals surface area contributed by atoms with Gasteiger partial charge in [0.1, 0.15) is 11.6 Å². The summed E-state index contributed by atoms with van der Waals surface area (Å²) in [7, 11) is 0. The summed E-state index contributed by atoms with van der Waals surface area (Å²) in [6, 6.07) is 62.3. The number of aromatic nitrogens is 2. The van der Waals surface area contributed by atoms with Crippen LogP contribution in [-0.4, -0.2) is 9.13 Å². The van der Waals surface area contributed by atoms with Crippen molar-refractivity contribution in [1.29, 1.82) is 36.8 Å². The molecular weight excluding hydrogens is 787 g/mol. The molecule has 0 fully saturated rings. The number of hydrogen-bond acceptors (Lipinski definition) is 7. The highest BCUT2D eigenvalue weighted by Gasteiger charge is 2.24. The average molecular weight is 812 g/mol. The number of nitriles is 7. The zero-order valence-corrected chi connectivity index (χ0v) is 33.5. The third-order valence-electron chi connectivity index (χ3n) is 11.6. The minimum absolute atomic E-state index is 0.303. The van der Waals surface area contributed by atoms with Crippen molar-refractivity contribution < 1.29 is 0 Å². The fourth-order valence-corrected chi connectivity index (χ4v) is 8.84. The maximum absolute atomic E-state index is 11.5. The lowest BCUT2D eigenvalue weighted by molar-refractivity contribution is 1.12. The quantitative estimate of drug-likeness (QED) is 0.166. The SMILES string of the molecule is N#Cc1cc(C#N)cc(-c2cc(-n3c4ccccc4c4ccc(-c5cc(C#N)cc(C#N)c5)cc43)c(C#N)c(-n3c4ccccc4c4ccc(-c5cc(C#N)cc(C#N)c5)cc43)c2)c1. The Morgan fingerprint density at radius 3 is 0.922 bits per heavy atom. The fraction of sp³-hybridized carbons (Fsp3) is 0. The molecule has 9 nitrogen and oxygen atoms in total. The number of para-hydroxylation sites is 2. The molecule has 0 aliphatic heterocycles. The van der Waals surface area contributed by atoms with E-state index in [1.54, 1.807) is 48.5 Å². The van der Waals surface area contributed by atoms with Gasteiger partial charge < -0.3 is 9.13 Å². The van der Waals surface area contributed by atoms with Gasteiger partial charge in [0, 0.05) is 21.5 Å². The minimum Gasteiger partial charge on any atom is -0.308 e. The molecule has 0 aliphatic rings. The number of fused-ring (bicyclic) bond motifs is 6. The van der Waals surface area contributed by atoms with E-state index in [9.17, 15) is 36.8 Å². The maximum atomic E-state index is 11.5. The zero-order chi connectivity index (χ0) is 44.1. The third kappa shape index (κ3) is 6.12. The van der Waals surface area contributed by atoms with E-state index in [4.69, 9.17) is 0 Å². The van der Waals surface area contributed by atoms with Gasteiger partial charge in [0.25, 0.3) is 0 Å². The molecule has 10 aromatic rings. The smallest absolute Gasteiger partial charge is 0.104 e. The lowest BCUT2D eigenvalue weighted by atomic mass is 9.96. The van der Waals surface area contributed by atoms with Crippen LogP contribution in [0.4, 0.5) is 0 Å². The van der Waals surface area contributed by atoms with Crippen LogP contribution in [-0.2, 0) is 0 Å². The summed E-state index contributed by atoms with van der Waals surface area (Å²) >= 11 is 0. The Bertz CT molecular complexity index is 3690. The Kier molecular flexibility index (Phi) is 8.98. The molecule has 2 aromatic heterocycles. The van der Waals surface area contributed by atoms with E-state index in [2.05, 4.69) is 51.6 Å². The highest BCUT2D eigenvalue weighted by atomic mass is 15.0. The summed E-state index contributed by atoms with van der Waals surface area (Å²) < 4.78 is 4.10. The molecule has 0 bridgehead atoms. The molecule has 64 heavy (non-hydrogen) atoms. The van der Waals surface area contributed by atoms with Crippen LogP contribution < -0.4 is 0 Å². The number of hydrogen-bond donors (Lipinski definition) is 0. The molecule has 0 spiro atoms. The van der Waals surface area contributed by atoms with Crippen LogP contribution in [0.2, 0.25) is 0 Å². The molecule has 10 rings (SSSR count). The summed E-state index contributed by atoms with van der Waals surface area (Å²) in [5, 5.41) is 74.7. The first-order valence-corrected chi connectivity index (χ1v) is 19.9. The van der Waals surface area contributed by atoms with E-state index < -0.39 is 0 Å². The molecular formula is C55H25N9. The standard InChI is InChI=1S/C55H25N9/c56-26-33-13-34(27-57)17-41(16-33)39-9-11-47-45-5-1-3-7-50(45)63(52(47)22-39)54-24-44(43-20-37(30-60)15-38(21-43)31-61)25-55(49(54)32-62)64-51-8-4-2-6-46(51)48-12-10-40(23-53(48)64)42-18-35(28-58)14-36(19-42)29-59/h1-25H. The first kappa shape index (κ1) is 38.0. The summed E-state index contributed by atoms with van der Waals surface area (Å²) in [6.07, 6.45) is 0. The van der Waals surface area contributed by atoms with Gasteiger partial charge in [-0.15, -0.1) is 0 Å². The molecule has 0 unspecified atom stereocenters. The van der Waals surface area contributed by atoms with E-state index in [1.165, 1.54) is 6.07 Å². The van der Waals surface area contributed by atoms with Crippen molar-refractivity contribution in [2.24, 2.45) is 0 Å². The molecule has 0 amide bonds. The molecule has 0 aliphatic carbocycles. The van der Waals surface area contributed by atoms with Crippen LogP contribution in [0.3, 0.4) is 0 Å². The Morgan fingerprint density at radius 1 is 0.266 bits per heavy atom. The molecule has 0 atom stereocenters. The van der Waals surface area contributed by atoms with Gasteiger partial charge in [0.05, 0.1) is 103 Å². The number of benzene rings is 8. The van der Waals surface area contributed by atoms with Crippen molar-refractivity contribution in [3.05, 3.63) is 191 Å². The van der Waals surface area contributed by atoms with E-state index in [-0.39, 0.29) is 0 Å². The predicted molar refractivity (Wildman–Crippen MR) is 244 cm³/mol. The van der Waals surface area contributed by atoms with Crippen LogP contribution in [0.15, 0.2) is 152 Å². The van der Waals surface area contributed by atoms with E-state index >= 15 is 0 Å². The Balaban J connectivity index is 1.34. The van der Waals surface area contributed by atoms with Crippen LogP contribution in [0.25, 0.3) is 88.4 Å². The largest absolute Gasteiger partial charge is 0.308 e. The Hall–Kier alpha value is -10.2. The molecule has 0 saturated carbocycles. The molecule has 9 heteroatoms. The summed E-state index contributed by atoms with van der Waals surface area (Å²) in [4.78, 5) is 0. The highest BCUT2D eigenvalue weighted by molar-refractivity contribution is 6.12. The minimum atomic E-state index is 0.303. The van der Waals surface area contributed by atoms with Gasteiger partial charge in [-0.2, -0.15) is 36.8 Å². The fourth-order valence-electron chi connectivity index (χ4n) is 8.84. The monoisotopic (exact) mass is 811 g/mol. The van der Waals surface area contributed by atoms with Gasteiger partial charge in [0.2, 0.25) is 0 Å². The van der Waals surface area contributed by atoms with Crippen LogP contribution in [0, 0.1) is 79.3 Å². The molecule has 290 valence electrons. The first-order chi connectivity index (χ1) is 31.4. The van der Waals surface area contributed by atoms with Crippen molar-refractivity contribution in [3.63, 3.8) is 0 Å². The maximum Gasteiger partial charge on any atom is 0.104 e. The average Bonchev–Trinajstić information content (AvgIpc) is 3.87. The molecule has 0 saturated heterocycles. The van der Waals surface area contributed by atoms with Gasteiger partial charge in [-0.05, 0) is 124 Å². The lowest BCUT2D eigenvalue weighted by Gasteiger charge is -2.19. The first-order valence-electron chi connectivity index (χ1n) is 19.9. The van der Waals surface area contributed by atoms with Gasteiger partial charge in [0.15, 0.2) is 0 Å². The van der Waals surface area contributed by atoms with E-state index in [0.29, 0.717) is 72.6 Å². The van der Waals surface area contributed by atoms with Crippen LogP contribution >= 0.6 is 0 Å². The highest BCUT2D eigenvalue weighted by Crippen LogP contribution is 2.42. The molecule has 0 radical (unpaired) electrons. The van der Waals surface area contributed by atoms with Crippen molar-refractivity contribution in [2.75, 3.05) is 0 Å². The van der Waals surface area contributed by atoms with E-state index in [1.807, 2.05) is 97.1 Å². The van der Waals surface area contributed by atoms with Gasteiger partial charge >= 0.3 is 0 Å². The second kappa shape index (κ2) is 15.1. The summed E-state index contributed by atoms with van der Waals surface area (Å²) in [5.74, 6) is 0. The lowest BCUT2D eigenvalue weighted by Crippen LogP contribution is -2.05. The van der Waals surface area contributed by atoms with Gasteiger partial charge in [-0.1, -0.05) is 60.7 Å². The van der Waals surface area contributed by atoms with Crippen LogP contribution in [0.5, 0.6) is 0 Å². The second-order valence-corrected chi connectivity index (χ2v) is 15.2. The topological polar surface area (TPSA) is 176 Å². The van der Waals surface area contributed by atoms with Crippen molar-refractivity contribution >= 4 is 43.6 Å². The summed E-state index contributed by atoms with van der Waals surface area (Å²) in [5.41, 5.74) is 10.7. The van der Waals surface area contributed by atoms with Gasteiger partial charge in [-0.3, -0.25) is 0 Å². The predicted octanol–water partition coefficient (Wildman–Crippen LogP) is 12.0. The van der Waals surface area contributed by atoms with Crippen molar-refractivity contribution in [2.45, 2.75) is 0 Å². The molecule has 2 heterocycles. The zero-order valence-electron chi connectivity index (χ0n) is 33.5. The van der Waals surface area contributed by atoms with Crippen LogP contribution in [0.1, 0.15) is 38.9 Å². The molecule has 0 N–H and O–H groups in total. The number of nitrogens with zero attached hydrogens (tertiary/aromatic N) is 9. The van der Waals surface area contributed by atoms with Crippen molar-refractivity contribution in [3.8, 4) is 87.2 Å². The van der Waals surface area contributed by atoms with Gasteiger partial charge in [-0.25, -0.2) is 0 Å². The third-order valence-corrected chi connectivity index (χ3v) is 11.6. The van der Waals surface area contributed by atoms with Crippen molar-refractivity contribution in [1.82, 2.24) is 9.13 Å². The Morgan fingerprint density at radius 2 is 0.578 bits per heavy atom.